The van der Waals surface area contributed by atoms with Crippen molar-refractivity contribution >= 4 is 11.9 Å². The Morgan fingerprint density at radius 1 is 1.25 bits per heavy atom. The average Bonchev–Trinajstić information content (AvgIpc) is 2.89. The smallest absolute Gasteiger partial charge is 0.320 e. The average molecular weight is 384 g/mol. The van der Waals surface area contributed by atoms with Crippen LogP contribution in [-0.4, -0.2) is 51.8 Å². The quantitative estimate of drug-likeness (QED) is 0.819. The highest BCUT2D eigenvalue weighted by Gasteiger charge is 2.37. The minimum Gasteiger partial charge on any atom is -0.459 e. The van der Waals surface area contributed by atoms with E-state index < -0.39 is 11.6 Å². The zero-order valence-electron chi connectivity index (χ0n) is 17.2. The molecule has 2 heterocycles. The zero-order valence-corrected chi connectivity index (χ0v) is 17.2. The largest absolute Gasteiger partial charge is 0.459 e. The van der Waals surface area contributed by atoms with E-state index in [0.717, 1.165) is 22.6 Å². The molecule has 1 aliphatic rings. The molecule has 0 aliphatic carbocycles. The Labute approximate surface area is 165 Å². The first-order valence-corrected chi connectivity index (χ1v) is 9.52. The standard InChI is InChI=1S/C21H28N4O3/c1-14-18(15(2)25(23-14)16-9-7-6-8-10-16)19-20(27)22-11-12-24(19)13-17(26)28-21(3,4)5/h6-10,19H,11-13H2,1-5H3,(H,22,27)/t19-/m1/s1. The van der Waals surface area contributed by atoms with E-state index in [2.05, 4.69) is 10.4 Å². The lowest BCUT2D eigenvalue weighted by Crippen LogP contribution is -2.52. The van der Waals surface area contributed by atoms with Gasteiger partial charge in [0.2, 0.25) is 5.91 Å². The molecule has 0 radical (unpaired) electrons. The molecule has 1 saturated heterocycles. The molecule has 1 aromatic carbocycles. The normalized spacial score (nSPS) is 18.0. The molecular weight excluding hydrogens is 356 g/mol. The van der Waals surface area contributed by atoms with E-state index in [1.807, 2.05) is 74.5 Å². The number of aryl methyl sites for hydroxylation is 1. The number of piperazine rings is 1. The lowest BCUT2D eigenvalue weighted by atomic mass is 10.00. The number of carbonyl (C=O) groups excluding carboxylic acids is 2. The molecule has 7 nitrogen and oxygen atoms in total. The van der Waals surface area contributed by atoms with Crippen LogP contribution in [0.1, 0.15) is 43.8 Å². The van der Waals surface area contributed by atoms with Gasteiger partial charge in [0.1, 0.15) is 11.6 Å². The van der Waals surface area contributed by atoms with E-state index in [1.54, 1.807) is 0 Å². The molecule has 1 N–H and O–H groups in total. The molecule has 1 fully saturated rings. The number of ether oxygens (including phenoxy) is 1. The fraction of sp³-hybridized carbons (Fsp3) is 0.476. The van der Waals surface area contributed by atoms with Crippen LogP contribution in [0.5, 0.6) is 0 Å². The minimum atomic E-state index is -0.571. The summed E-state index contributed by atoms with van der Waals surface area (Å²) in [5.74, 6) is -0.452. The van der Waals surface area contributed by atoms with E-state index >= 15 is 0 Å². The van der Waals surface area contributed by atoms with Crippen molar-refractivity contribution in [1.29, 1.82) is 0 Å². The number of hydrogen-bond acceptors (Lipinski definition) is 5. The van der Waals surface area contributed by atoms with Crippen LogP contribution >= 0.6 is 0 Å². The van der Waals surface area contributed by atoms with Gasteiger partial charge in [0.15, 0.2) is 0 Å². The van der Waals surface area contributed by atoms with Crippen molar-refractivity contribution in [3.05, 3.63) is 47.3 Å². The Morgan fingerprint density at radius 3 is 2.57 bits per heavy atom. The molecule has 150 valence electrons. The van der Waals surface area contributed by atoms with Crippen LogP contribution in [0.25, 0.3) is 5.69 Å². The number of rotatable bonds is 4. The zero-order chi connectivity index (χ0) is 20.5. The summed E-state index contributed by atoms with van der Waals surface area (Å²) in [4.78, 5) is 27.0. The molecule has 0 spiro atoms. The van der Waals surface area contributed by atoms with Crippen molar-refractivity contribution in [3.8, 4) is 5.69 Å². The summed E-state index contributed by atoms with van der Waals surface area (Å²) >= 11 is 0. The van der Waals surface area contributed by atoms with Gasteiger partial charge in [-0.3, -0.25) is 14.5 Å². The first-order chi connectivity index (χ1) is 13.2. The number of hydrogen-bond donors (Lipinski definition) is 1. The Bertz CT molecular complexity index is 868. The second-order valence-electron chi connectivity index (χ2n) is 8.08. The van der Waals surface area contributed by atoms with Crippen LogP contribution in [0.2, 0.25) is 0 Å². The second kappa shape index (κ2) is 7.75. The van der Waals surface area contributed by atoms with Gasteiger partial charge < -0.3 is 10.1 Å². The Hall–Kier alpha value is -2.67. The third-order valence-electron chi connectivity index (χ3n) is 4.69. The van der Waals surface area contributed by atoms with Gasteiger partial charge >= 0.3 is 5.97 Å². The summed E-state index contributed by atoms with van der Waals surface area (Å²) < 4.78 is 7.31. The number of esters is 1. The number of nitrogens with zero attached hydrogens (tertiary/aromatic N) is 3. The molecule has 3 rings (SSSR count). The highest BCUT2D eigenvalue weighted by molar-refractivity contribution is 5.85. The summed E-state index contributed by atoms with van der Waals surface area (Å²) in [5, 5.41) is 7.57. The number of amides is 1. The van der Waals surface area contributed by atoms with E-state index in [9.17, 15) is 9.59 Å². The number of benzene rings is 1. The summed E-state index contributed by atoms with van der Waals surface area (Å²) in [7, 11) is 0. The molecule has 0 bridgehead atoms. The molecule has 1 aromatic heterocycles. The Kier molecular flexibility index (Phi) is 5.56. The number of aromatic nitrogens is 2. The number of para-hydroxylation sites is 1. The third kappa shape index (κ3) is 4.25. The number of carbonyl (C=O) groups is 2. The fourth-order valence-corrected chi connectivity index (χ4v) is 3.61. The van der Waals surface area contributed by atoms with Crippen LogP contribution in [0.15, 0.2) is 30.3 Å². The maximum absolute atomic E-state index is 12.8. The third-order valence-corrected chi connectivity index (χ3v) is 4.69. The van der Waals surface area contributed by atoms with Gasteiger partial charge in [-0.25, -0.2) is 4.68 Å². The number of nitrogens with one attached hydrogen (secondary N) is 1. The van der Waals surface area contributed by atoms with Gasteiger partial charge in [-0.2, -0.15) is 5.10 Å². The van der Waals surface area contributed by atoms with Crippen LogP contribution in [-0.2, 0) is 14.3 Å². The predicted octanol–water partition coefficient (Wildman–Crippen LogP) is 2.30. The van der Waals surface area contributed by atoms with E-state index in [4.69, 9.17) is 4.74 Å². The molecule has 0 unspecified atom stereocenters. The van der Waals surface area contributed by atoms with E-state index in [1.165, 1.54) is 0 Å². The first kappa shape index (κ1) is 20.1. The van der Waals surface area contributed by atoms with Gasteiger partial charge in [-0.1, -0.05) is 18.2 Å². The second-order valence-corrected chi connectivity index (χ2v) is 8.08. The van der Waals surface area contributed by atoms with Crippen molar-refractivity contribution in [1.82, 2.24) is 20.0 Å². The van der Waals surface area contributed by atoms with E-state index in [-0.39, 0.29) is 18.4 Å². The monoisotopic (exact) mass is 384 g/mol. The van der Waals surface area contributed by atoms with Gasteiger partial charge in [0.25, 0.3) is 0 Å². The van der Waals surface area contributed by atoms with Crippen molar-refractivity contribution < 1.29 is 14.3 Å². The fourth-order valence-electron chi connectivity index (χ4n) is 3.61. The molecular formula is C21H28N4O3. The van der Waals surface area contributed by atoms with Crippen LogP contribution in [0.3, 0.4) is 0 Å². The first-order valence-electron chi connectivity index (χ1n) is 9.52. The van der Waals surface area contributed by atoms with Crippen molar-refractivity contribution in [2.75, 3.05) is 19.6 Å². The lowest BCUT2D eigenvalue weighted by Gasteiger charge is -2.35. The molecule has 0 saturated carbocycles. The van der Waals surface area contributed by atoms with E-state index in [0.29, 0.717) is 13.1 Å². The maximum atomic E-state index is 12.8. The van der Waals surface area contributed by atoms with Gasteiger partial charge in [-0.05, 0) is 46.8 Å². The van der Waals surface area contributed by atoms with Gasteiger partial charge in [0, 0.05) is 24.3 Å². The van der Waals surface area contributed by atoms with Crippen LogP contribution < -0.4 is 5.32 Å². The highest BCUT2D eigenvalue weighted by Crippen LogP contribution is 2.30. The molecule has 1 aliphatic heterocycles. The van der Waals surface area contributed by atoms with Crippen molar-refractivity contribution in [3.63, 3.8) is 0 Å². The SMILES string of the molecule is Cc1nn(-c2ccccc2)c(C)c1[C@@H]1C(=O)NCCN1CC(=O)OC(C)(C)C. The van der Waals surface area contributed by atoms with Crippen molar-refractivity contribution in [2.45, 2.75) is 46.3 Å². The van der Waals surface area contributed by atoms with Crippen molar-refractivity contribution in [2.24, 2.45) is 0 Å². The summed E-state index contributed by atoms with van der Waals surface area (Å²) in [6.45, 7) is 10.5. The molecule has 28 heavy (non-hydrogen) atoms. The van der Waals surface area contributed by atoms with Gasteiger partial charge in [0.05, 0.1) is 17.9 Å². The Balaban J connectivity index is 1.94. The minimum absolute atomic E-state index is 0.0603. The molecule has 1 amide bonds. The molecule has 1 atom stereocenters. The Morgan fingerprint density at radius 2 is 1.93 bits per heavy atom. The van der Waals surface area contributed by atoms with Gasteiger partial charge in [-0.15, -0.1) is 0 Å². The summed E-state index contributed by atoms with van der Waals surface area (Å²) in [6.07, 6.45) is 0. The summed E-state index contributed by atoms with van der Waals surface area (Å²) in [5.41, 5.74) is 2.88. The maximum Gasteiger partial charge on any atom is 0.320 e. The predicted molar refractivity (Wildman–Crippen MR) is 106 cm³/mol. The van der Waals surface area contributed by atoms with Crippen LogP contribution in [0.4, 0.5) is 0 Å². The van der Waals surface area contributed by atoms with Crippen LogP contribution in [0, 0.1) is 13.8 Å². The topological polar surface area (TPSA) is 76.5 Å². The summed E-state index contributed by atoms with van der Waals surface area (Å²) in [6, 6.07) is 9.23. The molecule has 2 aromatic rings. The lowest BCUT2D eigenvalue weighted by molar-refractivity contribution is -0.157. The highest BCUT2D eigenvalue weighted by atomic mass is 16.6. The molecule has 7 heteroatoms.